The minimum atomic E-state index is -0.552. The van der Waals surface area contributed by atoms with E-state index in [-0.39, 0.29) is 12.0 Å². The van der Waals surface area contributed by atoms with Crippen molar-refractivity contribution in [3.8, 4) is 5.82 Å². The first-order valence-corrected chi connectivity index (χ1v) is 9.51. The topological polar surface area (TPSA) is 89.4 Å². The second-order valence-corrected chi connectivity index (χ2v) is 7.27. The largest absolute Gasteiger partial charge is 0.444 e. The maximum absolute atomic E-state index is 12.6. The lowest BCUT2D eigenvalue weighted by Gasteiger charge is -2.26. The molecule has 0 aliphatic carbocycles. The molecular formula is C20H29N5O3. The van der Waals surface area contributed by atoms with Gasteiger partial charge in [0.1, 0.15) is 5.60 Å². The molecule has 0 radical (unpaired) electrons. The third-order valence-electron chi connectivity index (χ3n) is 4.02. The molecule has 28 heavy (non-hydrogen) atoms. The highest BCUT2D eigenvalue weighted by Gasteiger charge is 2.22. The molecule has 152 valence electrons. The molecule has 0 aliphatic rings. The summed E-state index contributed by atoms with van der Waals surface area (Å²) >= 11 is 0. The fourth-order valence-corrected chi connectivity index (χ4v) is 2.68. The molecule has 0 atom stereocenters. The van der Waals surface area contributed by atoms with Gasteiger partial charge < -0.3 is 15.0 Å². The zero-order valence-corrected chi connectivity index (χ0v) is 17.2. The maximum atomic E-state index is 12.6. The van der Waals surface area contributed by atoms with Gasteiger partial charge in [0.25, 0.3) is 5.91 Å². The van der Waals surface area contributed by atoms with E-state index in [0.717, 1.165) is 5.69 Å². The lowest BCUT2D eigenvalue weighted by Crippen LogP contribution is -2.41. The Labute approximate surface area is 165 Å². The number of hydrogen-bond donors (Lipinski definition) is 1. The number of carbonyl (C=O) groups excluding carboxylic acids is 2. The van der Waals surface area contributed by atoms with E-state index in [4.69, 9.17) is 4.74 Å². The van der Waals surface area contributed by atoms with E-state index < -0.39 is 5.60 Å². The van der Waals surface area contributed by atoms with Crippen molar-refractivity contribution in [2.24, 2.45) is 0 Å². The second-order valence-electron chi connectivity index (χ2n) is 7.27. The van der Waals surface area contributed by atoms with Gasteiger partial charge in [-0.25, -0.2) is 14.5 Å². The van der Waals surface area contributed by atoms with Crippen molar-refractivity contribution in [2.75, 3.05) is 19.6 Å². The van der Waals surface area contributed by atoms with Gasteiger partial charge >= 0.3 is 6.09 Å². The summed E-state index contributed by atoms with van der Waals surface area (Å²) in [4.78, 5) is 30.6. The van der Waals surface area contributed by atoms with Crippen LogP contribution in [0.3, 0.4) is 0 Å². The van der Waals surface area contributed by atoms with E-state index in [9.17, 15) is 9.59 Å². The summed E-state index contributed by atoms with van der Waals surface area (Å²) in [5.74, 6) is 0.444. The number of ether oxygens (including phenoxy) is 1. The third-order valence-corrected chi connectivity index (χ3v) is 4.02. The molecule has 1 N–H and O–H groups in total. The van der Waals surface area contributed by atoms with Crippen molar-refractivity contribution in [3.63, 3.8) is 0 Å². The molecule has 0 bridgehead atoms. The normalized spacial score (nSPS) is 11.2. The quantitative estimate of drug-likeness (QED) is 0.789. The standard InChI is InChI=1S/C20H29N5O3/c1-6-16-15(14-23-25(16)17-10-8-9-11-21-17)18(26)22-12-13-24(7-2)19(27)28-20(3,4)5/h8-11,14H,6-7,12-13H2,1-5H3,(H,22,26). The molecule has 2 heterocycles. The second kappa shape index (κ2) is 9.34. The van der Waals surface area contributed by atoms with E-state index >= 15 is 0 Å². The average Bonchev–Trinajstić information content (AvgIpc) is 3.08. The van der Waals surface area contributed by atoms with Gasteiger partial charge in [-0.1, -0.05) is 13.0 Å². The van der Waals surface area contributed by atoms with Gasteiger partial charge in [-0.05, 0) is 46.2 Å². The minimum Gasteiger partial charge on any atom is -0.444 e. The maximum Gasteiger partial charge on any atom is 0.410 e. The van der Waals surface area contributed by atoms with Crippen LogP contribution in [-0.4, -0.2) is 56.9 Å². The monoisotopic (exact) mass is 387 g/mol. The Kier molecular flexibility index (Phi) is 7.14. The molecule has 0 aromatic carbocycles. The molecule has 8 heteroatoms. The highest BCUT2D eigenvalue weighted by atomic mass is 16.6. The molecule has 2 aromatic heterocycles. The van der Waals surface area contributed by atoms with E-state index in [2.05, 4.69) is 15.4 Å². The van der Waals surface area contributed by atoms with Crippen LogP contribution in [0.2, 0.25) is 0 Å². The molecule has 2 aromatic rings. The summed E-state index contributed by atoms with van der Waals surface area (Å²) in [6.07, 6.45) is 3.49. The van der Waals surface area contributed by atoms with Crippen molar-refractivity contribution in [1.82, 2.24) is 25.0 Å². The zero-order chi connectivity index (χ0) is 20.7. The fourth-order valence-electron chi connectivity index (χ4n) is 2.68. The Bertz CT molecular complexity index is 796. The smallest absolute Gasteiger partial charge is 0.410 e. The minimum absolute atomic E-state index is 0.223. The van der Waals surface area contributed by atoms with Crippen LogP contribution < -0.4 is 5.32 Å². The zero-order valence-electron chi connectivity index (χ0n) is 17.2. The fraction of sp³-hybridized carbons (Fsp3) is 0.500. The van der Waals surface area contributed by atoms with Crippen molar-refractivity contribution in [3.05, 3.63) is 41.9 Å². The Hall–Kier alpha value is -2.90. The van der Waals surface area contributed by atoms with E-state index in [1.165, 1.54) is 0 Å². The molecule has 0 saturated carbocycles. The van der Waals surface area contributed by atoms with Crippen LogP contribution in [0.15, 0.2) is 30.6 Å². The summed E-state index contributed by atoms with van der Waals surface area (Å²) in [6, 6.07) is 5.55. The van der Waals surface area contributed by atoms with Crippen LogP contribution in [0.5, 0.6) is 0 Å². The predicted octanol–water partition coefficient (Wildman–Crippen LogP) is 2.82. The van der Waals surface area contributed by atoms with Crippen LogP contribution in [0, 0.1) is 0 Å². The lowest BCUT2D eigenvalue weighted by atomic mass is 10.2. The first-order chi connectivity index (χ1) is 13.3. The van der Waals surface area contributed by atoms with Crippen molar-refractivity contribution in [1.29, 1.82) is 0 Å². The Morgan fingerprint density at radius 1 is 1.25 bits per heavy atom. The first-order valence-electron chi connectivity index (χ1n) is 9.51. The number of likely N-dealkylation sites (N-methyl/N-ethyl adjacent to an activating group) is 1. The first kappa shape index (κ1) is 21.4. The van der Waals surface area contributed by atoms with Gasteiger partial charge in [0.05, 0.1) is 17.5 Å². The molecule has 2 rings (SSSR count). The highest BCUT2D eigenvalue weighted by molar-refractivity contribution is 5.95. The number of pyridine rings is 1. The summed E-state index contributed by atoms with van der Waals surface area (Å²) in [5.41, 5.74) is 0.744. The number of aromatic nitrogens is 3. The summed E-state index contributed by atoms with van der Waals surface area (Å²) in [7, 11) is 0. The van der Waals surface area contributed by atoms with Gasteiger partial charge in [0.2, 0.25) is 0 Å². The molecule has 0 aliphatic heterocycles. The summed E-state index contributed by atoms with van der Waals surface area (Å²) < 4.78 is 7.05. The lowest BCUT2D eigenvalue weighted by molar-refractivity contribution is 0.0261. The van der Waals surface area contributed by atoms with E-state index in [1.807, 2.05) is 52.8 Å². The molecule has 8 nitrogen and oxygen atoms in total. The van der Waals surface area contributed by atoms with Gasteiger partial charge in [0.15, 0.2) is 5.82 Å². The van der Waals surface area contributed by atoms with Crippen LogP contribution in [0.4, 0.5) is 4.79 Å². The molecular weight excluding hydrogens is 358 g/mol. The predicted molar refractivity (Wildman–Crippen MR) is 107 cm³/mol. The number of carbonyl (C=O) groups is 2. The Morgan fingerprint density at radius 2 is 2.00 bits per heavy atom. The van der Waals surface area contributed by atoms with E-state index in [1.54, 1.807) is 22.0 Å². The van der Waals surface area contributed by atoms with Crippen molar-refractivity contribution < 1.29 is 14.3 Å². The van der Waals surface area contributed by atoms with Gasteiger partial charge in [-0.15, -0.1) is 0 Å². The van der Waals surface area contributed by atoms with Crippen LogP contribution in [-0.2, 0) is 11.2 Å². The number of hydrogen-bond acceptors (Lipinski definition) is 5. The molecule has 0 saturated heterocycles. The molecule has 0 fully saturated rings. The van der Waals surface area contributed by atoms with Gasteiger partial charge in [-0.3, -0.25) is 4.79 Å². The molecule has 0 unspecified atom stereocenters. The number of amides is 2. The van der Waals surface area contributed by atoms with Crippen LogP contribution >= 0.6 is 0 Å². The van der Waals surface area contributed by atoms with Crippen molar-refractivity contribution >= 4 is 12.0 Å². The third kappa shape index (κ3) is 5.55. The summed E-state index contributed by atoms with van der Waals surface area (Å²) in [6.45, 7) is 10.5. The molecule has 2 amide bonds. The van der Waals surface area contributed by atoms with Crippen molar-refractivity contribution in [2.45, 2.75) is 46.6 Å². The Morgan fingerprint density at radius 3 is 2.57 bits per heavy atom. The Balaban J connectivity index is 2.00. The summed E-state index contributed by atoms with van der Waals surface area (Å²) in [5, 5.41) is 7.17. The SMILES string of the molecule is CCc1c(C(=O)NCCN(CC)C(=O)OC(C)(C)C)cnn1-c1ccccn1. The van der Waals surface area contributed by atoms with Gasteiger partial charge in [0, 0.05) is 25.8 Å². The van der Waals surface area contributed by atoms with Gasteiger partial charge in [-0.2, -0.15) is 5.10 Å². The average molecular weight is 387 g/mol. The van der Waals surface area contributed by atoms with E-state index in [0.29, 0.717) is 37.4 Å². The number of nitrogens with zero attached hydrogens (tertiary/aromatic N) is 4. The number of rotatable bonds is 7. The highest BCUT2D eigenvalue weighted by Crippen LogP contribution is 2.14. The number of nitrogens with one attached hydrogen (secondary N) is 1. The molecule has 0 spiro atoms. The van der Waals surface area contributed by atoms with Crippen LogP contribution in [0.1, 0.15) is 50.7 Å². The van der Waals surface area contributed by atoms with Crippen LogP contribution in [0.25, 0.3) is 5.82 Å².